The fourth-order valence-corrected chi connectivity index (χ4v) is 2.50. The van der Waals surface area contributed by atoms with Crippen LogP contribution in [0.25, 0.3) is 0 Å². The number of ketones is 1. The van der Waals surface area contributed by atoms with Crippen LogP contribution in [0.5, 0.6) is 0 Å². The lowest BCUT2D eigenvalue weighted by molar-refractivity contribution is -0.401. The van der Waals surface area contributed by atoms with Gasteiger partial charge in [0.25, 0.3) is 0 Å². The summed E-state index contributed by atoms with van der Waals surface area (Å²) in [5, 5.41) is 0. The molecule has 1 aromatic carbocycles. The van der Waals surface area contributed by atoms with E-state index in [-0.39, 0.29) is 11.8 Å². The number of carbonyl (C=O) groups is 2. The molecule has 19 heavy (non-hydrogen) atoms. The van der Waals surface area contributed by atoms with Crippen LogP contribution in [0, 0.1) is 0 Å². The third-order valence-electron chi connectivity index (χ3n) is 2.34. The van der Waals surface area contributed by atoms with Gasteiger partial charge in [-0.05, 0) is 19.1 Å². The van der Waals surface area contributed by atoms with Crippen molar-refractivity contribution in [3.05, 3.63) is 34.3 Å². The van der Waals surface area contributed by atoms with Gasteiger partial charge >= 0.3 is 5.97 Å². The molecule has 0 amide bonds. The molecule has 0 heterocycles. The van der Waals surface area contributed by atoms with Gasteiger partial charge in [-0.15, -0.1) is 11.8 Å². The molecule has 0 bridgehead atoms. The lowest BCUT2D eigenvalue weighted by Gasteiger charge is -2.07. The summed E-state index contributed by atoms with van der Waals surface area (Å²) in [6.45, 7) is 2.11. The number of Topliss-reactive ketones (excluding diaryl/α,β-unsaturated/α-hetero) is 1. The van der Waals surface area contributed by atoms with E-state index >= 15 is 0 Å². The highest BCUT2D eigenvalue weighted by Gasteiger charge is 2.19. The molecular formula is C13H17BrNO3S+. The third-order valence-corrected chi connectivity index (χ3v) is 3.97. The number of rotatable bonds is 7. The van der Waals surface area contributed by atoms with E-state index in [9.17, 15) is 9.59 Å². The Balaban J connectivity index is 2.35. The molecule has 0 fully saturated rings. The topological polar surface area (TPSA) is 71.0 Å². The molecule has 0 spiro atoms. The summed E-state index contributed by atoms with van der Waals surface area (Å²) in [6.07, 6.45) is 0. The van der Waals surface area contributed by atoms with Crippen LogP contribution < -0.4 is 5.73 Å². The predicted molar refractivity (Wildman–Crippen MR) is 79.1 cm³/mol. The SMILES string of the molecule is CCOC(=O)C([NH3+])CSCC(=O)c1ccc(Br)cc1. The second-order valence-corrected chi connectivity index (χ2v) is 5.84. The maximum Gasteiger partial charge on any atom is 0.365 e. The molecule has 1 rings (SSSR count). The number of hydrogen-bond acceptors (Lipinski definition) is 4. The minimum Gasteiger partial charge on any atom is -0.462 e. The number of esters is 1. The first-order chi connectivity index (χ1) is 9.04. The van der Waals surface area contributed by atoms with Gasteiger partial charge in [-0.1, -0.05) is 28.1 Å². The molecule has 0 radical (unpaired) electrons. The van der Waals surface area contributed by atoms with Crippen LogP contribution in [0.4, 0.5) is 0 Å². The summed E-state index contributed by atoms with van der Waals surface area (Å²) in [4.78, 5) is 23.2. The number of halogens is 1. The monoisotopic (exact) mass is 346 g/mol. The van der Waals surface area contributed by atoms with Gasteiger partial charge in [-0.25, -0.2) is 4.79 Å². The van der Waals surface area contributed by atoms with Crippen molar-refractivity contribution in [2.24, 2.45) is 0 Å². The van der Waals surface area contributed by atoms with E-state index in [1.54, 1.807) is 19.1 Å². The normalized spacial score (nSPS) is 11.9. The predicted octanol–water partition coefficient (Wildman–Crippen LogP) is 1.54. The highest BCUT2D eigenvalue weighted by Crippen LogP contribution is 2.13. The average molecular weight is 347 g/mol. The van der Waals surface area contributed by atoms with Gasteiger partial charge in [0.2, 0.25) is 0 Å². The van der Waals surface area contributed by atoms with Crippen LogP contribution in [-0.2, 0) is 9.53 Å². The maximum atomic E-state index is 11.9. The van der Waals surface area contributed by atoms with Crippen molar-refractivity contribution in [3.63, 3.8) is 0 Å². The lowest BCUT2D eigenvalue weighted by atomic mass is 10.2. The summed E-state index contributed by atoms with van der Waals surface area (Å²) in [6, 6.07) is 6.80. The minimum absolute atomic E-state index is 0.0496. The van der Waals surface area contributed by atoms with Crippen LogP contribution in [-0.4, -0.2) is 35.9 Å². The van der Waals surface area contributed by atoms with Gasteiger partial charge in [0, 0.05) is 10.0 Å². The van der Waals surface area contributed by atoms with E-state index in [4.69, 9.17) is 4.74 Å². The first kappa shape index (κ1) is 16.2. The Bertz CT molecular complexity index is 436. The lowest BCUT2D eigenvalue weighted by Crippen LogP contribution is -2.66. The van der Waals surface area contributed by atoms with E-state index in [2.05, 4.69) is 21.7 Å². The zero-order valence-corrected chi connectivity index (χ0v) is 13.1. The van der Waals surface area contributed by atoms with Crippen molar-refractivity contribution in [2.45, 2.75) is 13.0 Å². The van der Waals surface area contributed by atoms with Gasteiger partial charge < -0.3 is 10.5 Å². The molecule has 104 valence electrons. The summed E-state index contributed by atoms with van der Waals surface area (Å²) < 4.78 is 5.80. The number of carbonyl (C=O) groups excluding carboxylic acids is 2. The van der Waals surface area contributed by atoms with Crippen molar-refractivity contribution in [1.29, 1.82) is 0 Å². The average Bonchev–Trinajstić information content (AvgIpc) is 2.39. The van der Waals surface area contributed by atoms with Crippen LogP contribution in [0.3, 0.4) is 0 Å². The molecule has 0 aliphatic rings. The standard InChI is InChI=1S/C13H16BrNO3S/c1-2-18-13(17)11(15)7-19-8-12(16)9-3-5-10(14)6-4-9/h3-6,11H,2,7-8,15H2,1H3/p+1. The van der Waals surface area contributed by atoms with Crippen LogP contribution in [0.15, 0.2) is 28.7 Å². The Labute approximate surface area is 125 Å². The molecule has 4 nitrogen and oxygen atoms in total. The molecule has 0 aliphatic heterocycles. The second kappa shape index (κ2) is 8.35. The van der Waals surface area contributed by atoms with Crippen molar-refractivity contribution in [2.75, 3.05) is 18.1 Å². The van der Waals surface area contributed by atoms with E-state index in [1.807, 2.05) is 12.1 Å². The van der Waals surface area contributed by atoms with Crippen molar-refractivity contribution >= 4 is 39.4 Å². The minimum atomic E-state index is -0.428. The fourth-order valence-electron chi connectivity index (χ4n) is 1.34. The zero-order chi connectivity index (χ0) is 14.3. The quantitative estimate of drug-likeness (QED) is 0.600. The molecule has 1 atom stereocenters. The van der Waals surface area contributed by atoms with Crippen molar-refractivity contribution in [3.8, 4) is 0 Å². The molecule has 3 N–H and O–H groups in total. The molecular weight excluding hydrogens is 330 g/mol. The van der Waals surface area contributed by atoms with Gasteiger partial charge in [-0.3, -0.25) is 4.79 Å². The molecule has 0 saturated heterocycles. The maximum absolute atomic E-state index is 11.9. The van der Waals surface area contributed by atoms with E-state index in [0.717, 1.165) is 4.47 Å². The highest BCUT2D eigenvalue weighted by atomic mass is 79.9. The number of hydrogen-bond donors (Lipinski definition) is 1. The summed E-state index contributed by atoms with van der Waals surface area (Å²) in [5.41, 5.74) is 4.40. The Morgan fingerprint density at radius 3 is 2.58 bits per heavy atom. The molecule has 0 saturated carbocycles. The van der Waals surface area contributed by atoms with E-state index in [1.165, 1.54) is 11.8 Å². The molecule has 6 heteroatoms. The summed E-state index contributed by atoms with van der Waals surface area (Å²) >= 11 is 4.72. The largest absolute Gasteiger partial charge is 0.462 e. The van der Waals surface area contributed by atoms with E-state index < -0.39 is 6.04 Å². The van der Waals surface area contributed by atoms with Crippen LogP contribution in [0.1, 0.15) is 17.3 Å². The Hall–Kier alpha value is -0.850. The fraction of sp³-hybridized carbons (Fsp3) is 0.385. The van der Waals surface area contributed by atoms with Crippen LogP contribution in [0.2, 0.25) is 0 Å². The molecule has 0 aliphatic carbocycles. The number of quaternary nitrogens is 1. The summed E-state index contributed by atoms with van der Waals surface area (Å²) in [7, 11) is 0. The van der Waals surface area contributed by atoms with Gasteiger partial charge in [0.15, 0.2) is 11.8 Å². The van der Waals surface area contributed by atoms with Crippen molar-refractivity contribution in [1.82, 2.24) is 0 Å². The van der Waals surface area contributed by atoms with Crippen LogP contribution >= 0.6 is 27.7 Å². The number of ether oxygens (including phenoxy) is 1. The molecule has 1 aromatic rings. The van der Waals surface area contributed by atoms with E-state index in [0.29, 0.717) is 23.7 Å². The van der Waals surface area contributed by atoms with Gasteiger partial charge in [0.1, 0.15) is 0 Å². The third kappa shape index (κ3) is 5.76. The van der Waals surface area contributed by atoms with Crippen molar-refractivity contribution < 1.29 is 20.1 Å². The first-order valence-electron chi connectivity index (χ1n) is 5.90. The molecule has 0 aromatic heterocycles. The Kier molecular flexibility index (Phi) is 7.12. The highest BCUT2D eigenvalue weighted by molar-refractivity contribution is 9.10. The Morgan fingerprint density at radius 2 is 2.00 bits per heavy atom. The first-order valence-corrected chi connectivity index (χ1v) is 7.85. The van der Waals surface area contributed by atoms with Gasteiger partial charge in [0.05, 0.1) is 18.1 Å². The zero-order valence-electron chi connectivity index (χ0n) is 10.7. The number of thioether (sulfide) groups is 1. The molecule has 1 unspecified atom stereocenters. The summed E-state index contributed by atoms with van der Waals surface area (Å²) in [5.74, 6) is 0.563. The number of benzene rings is 1. The second-order valence-electron chi connectivity index (χ2n) is 3.89. The smallest absolute Gasteiger partial charge is 0.365 e. The van der Waals surface area contributed by atoms with Gasteiger partial charge in [-0.2, -0.15) is 0 Å². The Morgan fingerprint density at radius 1 is 1.37 bits per heavy atom.